The van der Waals surface area contributed by atoms with Crippen LogP contribution < -0.4 is 20.5 Å². The van der Waals surface area contributed by atoms with E-state index < -0.39 is 39.9 Å². The van der Waals surface area contributed by atoms with Crippen LogP contribution in [0.1, 0.15) is 15.9 Å². The van der Waals surface area contributed by atoms with Crippen LogP contribution in [0.4, 0.5) is 23.7 Å². The number of carbonyl (C=O) groups is 3. The molecule has 0 spiro atoms. The van der Waals surface area contributed by atoms with E-state index in [0.29, 0.717) is 11.4 Å². The minimum Gasteiger partial charge on any atom is -0.497 e. The van der Waals surface area contributed by atoms with E-state index in [9.17, 15) is 36.0 Å². The largest absolute Gasteiger partial charge is 0.497 e. The number of amides is 4. The van der Waals surface area contributed by atoms with Gasteiger partial charge in [-0.15, -0.1) is 0 Å². The first-order valence-electron chi connectivity index (χ1n) is 10.6. The molecule has 1 aliphatic rings. The average Bonchev–Trinajstić information content (AvgIpc) is 2.85. The first-order chi connectivity index (χ1) is 17.0. The second-order valence-electron chi connectivity index (χ2n) is 7.76. The zero-order chi connectivity index (χ0) is 26.5. The van der Waals surface area contributed by atoms with Gasteiger partial charge in [-0.25, -0.2) is 17.6 Å². The lowest BCUT2D eigenvalue weighted by Crippen LogP contribution is -2.49. The maximum absolute atomic E-state index is 14.9. The second-order valence-corrected chi connectivity index (χ2v) is 10.1. The Morgan fingerprint density at radius 3 is 2.39 bits per heavy atom. The van der Waals surface area contributed by atoms with Gasteiger partial charge in [0.05, 0.1) is 25.2 Å². The van der Waals surface area contributed by atoms with Crippen LogP contribution in [0, 0.1) is 5.82 Å². The van der Waals surface area contributed by atoms with Crippen molar-refractivity contribution in [1.29, 1.82) is 0 Å². The molecule has 14 heteroatoms. The summed E-state index contributed by atoms with van der Waals surface area (Å²) in [6, 6.07) is 9.17. The summed E-state index contributed by atoms with van der Waals surface area (Å²) in [5.74, 6) is -3.56. The van der Waals surface area contributed by atoms with Gasteiger partial charge < -0.3 is 9.64 Å². The fourth-order valence-corrected chi connectivity index (χ4v) is 4.56. The quantitative estimate of drug-likeness (QED) is 0.550. The summed E-state index contributed by atoms with van der Waals surface area (Å²) in [6.45, 7) is -0.313. The molecular formula is C22H23F3N4O6S. The number of urea groups is 1. The Balaban J connectivity index is 1.83. The SMILES string of the molecule is COc1cccc(N(Cc2ccc(C(=O)NNC(=O)C(F)F)cc2F)C(=O)N2CCS(=O)(=O)CC2)c1. The molecule has 0 saturated carbocycles. The molecule has 2 aromatic rings. The number of halogens is 3. The summed E-state index contributed by atoms with van der Waals surface area (Å²) in [4.78, 5) is 38.9. The molecule has 1 aliphatic heterocycles. The van der Waals surface area contributed by atoms with Gasteiger partial charge in [-0.05, 0) is 24.3 Å². The Hall–Kier alpha value is -3.81. The minimum absolute atomic E-state index is 0.0176. The van der Waals surface area contributed by atoms with Gasteiger partial charge in [0.15, 0.2) is 9.84 Å². The van der Waals surface area contributed by atoms with Gasteiger partial charge in [0.25, 0.3) is 5.91 Å². The van der Waals surface area contributed by atoms with E-state index in [0.717, 1.165) is 6.07 Å². The smallest absolute Gasteiger partial charge is 0.324 e. The van der Waals surface area contributed by atoms with Gasteiger partial charge in [-0.3, -0.25) is 25.3 Å². The van der Waals surface area contributed by atoms with Crippen LogP contribution in [0.3, 0.4) is 0 Å². The fraction of sp³-hybridized carbons (Fsp3) is 0.318. The van der Waals surface area contributed by atoms with Crippen LogP contribution >= 0.6 is 0 Å². The Morgan fingerprint density at radius 1 is 1.08 bits per heavy atom. The van der Waals surface area contributed by atoms with E-state index in [1.807, 2.05) is 0 Å². The van der Waals surface area contributed by atoms with E-state index in [2.05, 4.69) is 0 Å². The van der Waals surface area contributed by atoms with Gasteiger partial charge in [0, 0.05) is 36.0 Å². The molecular weight excluding hydrogens is 505 g/mol. The molecule has 1 fully saturated rings. The van der Waals surface area contributed by atoms with Crippen molar-refractivity contribution >= 4 is 33.4 Å². The number of ether oxygens (including phenoxy) is 1. The highest BCUT2D eigenvalue weighted by atomic mass is 32.2. The summed E-state index contributed by atoms with van der Waals surface area (Å²) in [5.41, 5.74) is 3.39. The van der Waals surface area contributed by atoms with Crippen molar-refractivity contribution in [3.8, 4) is 5.75 Å². The van der Waals surface area contributed by atoms with Crippen molar-refractivity contribution in [2.75, 3.05) is 36.6 Å². The number of anilines is 1. The third-order valence-electron chi connectivity index (χ3n) is 5.35. The number of rotatable bonds is 6. The highest BCUT2D eigenvalue weighted by molar-refractivity contribution is 7.91. The zero-order valence-corrected chi connectivity index (χ0v) is 19.9. The number of nitrogens with one attached hydrogen (secondary N) is 2. The second kappa shape index (κ2) is 11.3. The lowest BCUT2D eigenvalue weighted by molar-refractivity contribution is -0.132. The molecule has 0 atom stereocenters. The molecule has 36 heavy (non-hydrogen) atoms. The van der Waals surface area contributed by atoms with Gasteiger partial charge in [0.2, 0.25) is 0 Å². The number of methoxy groups -OCH3 is 1. The maximum atomic E-state index is 14.9. The van der Waals surface area contributed by atoms with Crippen molar-refractivity contribution in [3.63, 3.8) is 0 Å². The number of sulfone groups is 1. The molecule has 4 amide bonds. The maximum Gasteiger partial charge on any atom is 0.324 e. The first kappa shape index (κ1) is 26.8. The Morgan fingerprint density at radius 2 is 1.78 bits per heavy atom. The molecule has 1 heterocycles. The monoisotopic (exact) mass is 528 g/mol. The number of benzene rings is 2. The van der Waals surface area contributed by atoms with Crippen LogP contribution in [-0.2, 0) is 21.2 Å². The zero-order valence-electron chi connectivity index (χ0n) is 19.0. The average molecular weight is 529 g/mol. The molecule has 0 aromatic heterocycles. The van der Waals surface area contributed by atoms with Crippen molar-refractivity contribution in [3.05, 3.63) is 59.4 Å². The minimum atomic E-state index is -3.34. The molecule has 0 bridgehead atoms. The standard InChI is InChI=1S/C22H23F3N4O6S/c1-35-17-4-2-3-16(12-17)29(22(32)28-7-9-36(33,34)10-8-28)13-15-6-5-14(11-18(15)23)20(30)26-27-21(31)19(24)25/h2-6,11-12,19H,7-10,13H2,1H3,(H,26,30)(H,27,31). The molecule has 10 nitrogen and oxygen atoms in total. The summed E-state index contributed by atoms with van der Waals surface area (Å²) < 4.78 is 68.2. The number of nitrogens with zero attached hydrogens (tertiary/aromatic N) is 2. The van der Waals surface area contributed by atoms with E-state index in [-0.39, 0.29) is 42.3 Å². The summed E-state index contributed by atoms with van der Waals surface area (Å²) in [7, 11) is -1.80. The third kappa shape index (κ3) is 6.65. The first-order valence-corrected chi connectivity index (χ1v) is 12.4. The Kier molecular flexibility index (Phi) is 8.40. The van der Waals surface area contributed by atoms with Crippen molar-refractivity contribution in [2.24, 2.45) is 0 Å². The highest BCUT2D eigenvalue weighted by Gasteiger charge is 2.30. The predicted octanol–water partition coefficient (Wildman–Crippen LogP) is 1.72. The van der Waals surface area contributed by atoms with Crippen molar-refractivity contribution in [1.82, 2.24) is 15.8 Å². The summed E-state index contributed by atoms with van der Waals surface area (Å²) >= 11 is 0. The number of hydrogen-bond donors (Lipinski definition) is 2. The lowest BCUT2D eigenvalue weighted by atomic mass is 10.1. The van der Waals surface area contributed by atoms with Crippen LogP contribution in [0.25, 0.3) is 0 Å². The molecule has 194 valence electrons. The molecule has 1 saturated heterocycles. The number of alkyl halides is 2. The Bertz CT molecular complexity index is 1240. The number of hydrazine groups is 1. The molecule has 0 radical (unpaired) electrons. The fourth-order valence-electron chi connectivity index (χ4n) is 3.35. The molecule has 3 rings (SSSR count). The van der Waals surface area contributed by atoms with E-state index in [1.54, 1.807) is 29.7 Å². The van der Waals surface area contributed by atoms with Gasteiger partial charge in [0.1, 0.15) is 11.6 Å². The van der Waals surface area contributed by atoms with E-state index in [4.69, 9.17) is 4.74 Å². The van der Waals surface area contributed by atoms with Crippen LogP contribution in [0.2, 0.25) is 0 Å². The normalized spacial score (nSPS) is 14.8. The van der Waals surface area contributed by atoms with Crippen LogP contribution in [-0.4, -0.2) is 69.3 Å². The lowest BCUT2D eigenvalue weighted by Gasteiger charge is -2.33. The Labute approximate surface area is 204 Å². The molecule has 2 aromatic carbocycles. The summed E-state index contributed by atoms with van der Waals surface area (Å²) in [6.07, 6.45) is -3.34. The van der Waals surface area contributed by atoms with Crippen molar-refractivity contribution < 1.29 is 40.7 Å². The number of hydrogen-bond acceptors (Lipinski definition) is 6. The number of carbonyl (C=O) groups excluding carboxylic acids is 3. The molecule has 0 unspecified atom stereocenters. The van der Waals surface area contributed by atoms with E-state index in [1.165, 1.54) is 34.5 Å². The van der Waals surface area contributed by atoms with Gasteiger partial charge >= 0.3 is 18.4 Å². The van der Waals surface area contributed by atoms with Gasteiger partial charge in [-0.2, -0.15) is 8.78 Å². The van der Waals surface area contributed by atoms with Crippen LogP contribution in [0.5, 0.6) is 5.75 Å². The molecule has 0 aliphatic carbocycles. The van der Waals surface area contributed by atoms with Gasteiger partial charge in [-0.1, -0.05) is 12.1 Å². The molecule has 2 N–H and O–H groups in total. The van der Waals surface area contributed by atoms with E-state index >= 15 is 0 Å². The third-order valence-corrected chi connectivity index (χ3v) is 6.96. The van der Waals surface area contributed by atoms with Crippen molar-refractivity contribution in [2.45, 2.75) is 13.0 Å². The summed E-state index contributed by atoms with van der Waals surface area (Å²) in [5, 5.41) is 0. The van der Waals surface area contributed by atoms with Crippen LogP contribution in [0.15, 0.2) is 42.5 Å². The topological polar surface area (TPSA) is 125 Å². The highest BCUT2D eigenvalue weighted by Crippen LogP contribution is 2.25. The predicted molar refractivity (Wildman–Crippen MR) is 123 cm³/mol.